The van der Waals surface area contributed by atoms with Crippen LogP contribution in [0.15, 0.2) is 30.5 Å². The number of nitrogens with one attached hydrogen (secondary N) is 1. The molecule has 0 aliphatic heterocycles. The topological polar surface area (TPSA) is 15.8 Å². The fourth-order valence-corrected chi connectivity index (χ4v) is 1.39. The molecule has 1 atom stereocenters. The van der Waals surface area contributed by atoms with E-state index in [0.29, 0.717) is 0 Å². The number of alkyl halides is 3. The average Bonchev–Trinajstić information content (AvgIpc) is 2.62. The second-order valence-electron chi connectivity index (χ2n) is 3.06. The molecular weight excluding hydrogens is 191 g/mol. The van der Waals surface area contributed by atoms with Crippen molar-refractivity contribution in [3.63, 3.8) is 0 Å². The van der Waals surface area contributed by atoms with Crippen molar-refractivity contribution in [2.75, 3.05) is 0 Å². The number of fused-ring (bicyclic) bond motifs is 1. The van der Waals surface area contributed by atoms with Crippen LogP contribution in [0.25, 0.3) is 10.9 Å². The molecule has 0 radical (unpaired) electrons. The summed E-state index contributed by atoms with van der Waals surface area (Å²) >= 11 is 0. The molecule has 1 nitrogen and oxygen atoms in total. The van der Waals surface area contributed by atoms with Crippen LogP contribution in [0.5, 0.6) is 0 Å². The Kier molecular flexibility index (Phi) is 2.19. The first-order chi connectivity index (χ1) is 6.68. The highest BCUT2D eigenvalue weighted by Gasteiger charge is 2.21. The van der Waals surface area contributed by atoms with E-state index in [1.807, 2.05) is 0 Å². The van der Waals surface area contributed by atoms with Gasteiger partial charge < -0.3 is 4.98 Å². The number of hydrogen-bond acceptors (Lipinski definition) is 0. The Labute approximate surface area is 78.5 Å². The summed E-state index contributed by atoms with van der Waals surface area (Å²) in [5.74, 6) is 0. The van der Waals surface area contributed by atoms with Crippen LogP contribution >= 0.6 is 0 Å². The smallest absolute Gasteiger partial charge is 0.273 e. The predicted octanol–water partition coefficient (Wildman–Crippen LogP) is 3.44. The highest BCUT2D eigenvalue weighted by atomic mass is 19.3. The molecule has 74 valence electrons. The molecule has 0 spiro atoms. The summed E-state index contributed by atoms with van der Waals surface area (Å²) in [7, 11) is 0. The lowest BCUT2D eigenvalue weighted by atomic mass is 10.1. The zero-order valence-electron chi connectivity index (χ0n) is 7.18. The highest BCUT2D eigenvalue weighted by Crippen LogP contribution is 2.27. The summed E-state index contributed by atoms with van der Waals surface area (Å²) in [6, 6.07) is 6.12. The molecule has 2 aromatic rings. The Morgan fingerprint density at radius 1 is 1.07 bits per heavy atom. The maximum absolute atomic E-state index is 12.9. The van der Waals surface area contributed by atoms with E-state index in [1.165, 1.54) is 12.1 Å². The fourth-order valence-electron chi connectivity index (χ4n) is 1.39. The number of halogens is 3. The Hall–Kier alpha value is -1.45. The van der Waals surface area contributed by atoms with Crippen LogP contribution in [0.2, 0.25) is 0 Å². The van der Waals surface area contributed by atoms with Crippen molar-refractivity contribution in [1.82, 2.24) is 4.98 Å². The molecule has 2 rings (SSSR count). The van der Waals surface area contributed by atoms with Crippen LogP contribution in [-0.2, 0) is 0 Å². The number of hydrogen-bond donors (Lipinski definition) is 1. The molecule has 0 aliphatic carbocycles. The van der Waals surface area contributed by atoms with Crippen LogP contribution in [-0.4, -0.2) is 11.4 Å². The number of H-pyrrole nitrogens is 1. The number of rotatable bonds is 2. The van der Waals surface area contributed by atoms with Gasteiger partial charge in [0.2, 0.25) is 0 Å². The van der Waals surface area contributed by atoms with Crippen molar-refractivity contribution in [2.24, 2.45) is 0 Å². The molecule has 14 heavy (non-hydrogen) atoms. The van der Waals surface area contributed by atoms with Gasteiger partial charge in [-0.3, -0.25) is 0 Å². The predicted molar refractivity (Wildman–Crippen MR) is 48.2 cm³/mol. The van der Waals surface area contributed by atoms with Crippen molar-refractivity contribution in [1.29, 1.82) is 0 Å². The first-order valence-electron chi connectivity index (χ1n) is 4.18. The van der Waals surface area contributed by atoms with E-state index >= 15 is 0 Å². The first-order valence-corrected chi connectivity index (χ1v) is 4.18. The third-order valence-corrected chi connectivity index (χ3v) is 2.12. The number of benzene rings is 1. The Bertz CT molecular complexity index is 436. The Balaban J connectivity index is 2.43. The molecule has 0 aliphatic rings. The summed E-state index contributed by atoms with van der Waals surface area (Å²) < 4.78 is 37.0. The van der Waals surface area contributed by atoms with Gasteiger partial charge in [0.05, 0.1) is 0 Å². The van der Waals surface area contributed by atoms with Gasteiger partial charge in [0.1, 0.15) is 0 Å². The molecule has 0 saturated heterocycles. The van der Waals surface area contributed by atoms with Crippen molar-refractivity contribution in [3.05, 3.63) is 36.0 Å². The van der Waals surface area contributed by atoms with E-state index < -0.39 is 12.6 Å². The molecule has 1 unspecified atom stereocenters. The minimum Gasteiger partial charge on any atom is -0.361 e. The highest BCUT2D eigenvalue weighted by molar-refractivity contribution is 5.80. The molecule has 0 fully saturated rings. The summed E-state index contributed by atoms with van der Waals surface area (Å²) in [5, 5.41) is 0.741. The van der Waals surface area contributed by atoms with Gasteiger partial charge in [-0.05, 0) is 29.1 Å². The molecule has 4 heteroatoms. The standard InChI is InChI=1S/C10H8F3N/c11-9(10(12)13)7-1-2-8-6(5-7)3-4-14-8/h1-5,9-10,14H. The van der Waals surface area contributed by atoms with Gasteiger partial charge in [-0.1, -0.05) is 6.07 Å². The first kappa shape index (κ1) is 9.12. The van der Waals surface area contributed by atoms with Gasteiger partial charge in [-0.25, -0.2) is 13.2 Å². The normalized spacial score (nSPS) is 13.7. The molecule has 0 amide bonds. The monoisotopic (exact) mass is 199 g/mol. The van der Waals surface area contributed by atoms with E-state index in [2.05, 4.69) is 4.98 Å². The third kappa shape index (κ3) is 1.47. The van der Waals surface area contributed by atoms with Crippen LogP contribution in [0.4, 0.5) is 13.2 Å². The molecule has 0 saturated carbocycles. The van der Waals surface area contributed by atoms with Crippen LogP contribution in [0.1, 0.15) is 11.7 Å². The van der Waals surface area contributed by atoms with Crippen LogP contribution < -0.4 is 0 Å². The van der Waals surface area contributed by atoms with Crippen molar-refractivity contribution < 1.29 is 13.2 Å². The Morgan fingerprint density at radius 2 is 1.86 bits per heavy atom. The minimum absolute atomic E-state index is 0.0205. The zero-order chi connectivity index (χ0) is 10.1. The van der Waals surface area contributed by atoms with E-state index in [9.17, 15) is 13.2 Å². The van der Waals surface area contributed by atoms with Gasteiger partial charge in [-0.15, -0.1) is 0 Å². The van der Waals surface area contributed by atoms with E-state index in [4.69, 9.17) is 0 Å². The van der Waals surface area contributed by atoms with E-state index in [-0.39, 0.29) is 5.56 Å². The number of aromatic amines is 1. The molecule has 1 heterocycles. The second-order valence-corrected chi connectivity index (χ2v) is 3.06. The fraction of sp³-hybridized carbons (Fsp3) is 0.200. The quantitative estimate of drug-likeness (QED) is 0.762. The molecular formula is C10H8F3N. The maximum atomic E-state index is 12.9. The van der Waals surface area contributed by atoms with Crippen molar-refractivity contribution >= 4 is 10.9 Å². The van der Waals surface area contributed by atoms with E-state index in [1.54, 1.807) is 18.3 Å². The van der Waals surface area contributed by atoms with E-state index in [0.717, 1.165) is 10.9 Å². The van der Waals surface area contributed by atoms with Gasteiger partial charge in [0.25, 0.3) is 6.43 Å². The lowest BCUT2D eigenvalue weighted by Crippen LogP contribution is -2.02. The minimum atomic E-state index is -2.97. The lowest BCUT2D eigenvalue weighted by Gasteiger charge is -2.06. The van der Waals surface area contributed by atoms with Crippen LogP contribution in [0.3, 0.4) is 0 Å². The summed E-state index contributed by atoms with van der Waals surface area (Å²) in [5.41, 5.74) is 0.835. The third-order valence-electron chi connectivity index (χ3n) is 2.12. The largest absolute Gasteiger partial charge is 0.361 e. The molecule has 0 bridgehead atoms. The van der Waals surface area contributed by atoms with Gasteiger partial charge in [0.15, 0.2) is 6.17 Å². The van der Waals surface area contributed by atoms with Crippen molar-refractivity contribution in [2.45, 2.75) is 12.6 Å². The Morgan fingerprint density at radius 3 is 2.57 bits per heavy atom. The summed E-state index contributed by atoms with van der Waals surface area (Å²) in [6.45, 7) is 0. The van der Waals surface area contributed by atoms with Crippen molar-refractivity contribution in [3.8, 4) is 0 Å². The lowest BCUT2D eigenvalue weighted by molar-refractivity contribution is 0.0496. The second kappa shape index (κ2) is 3.36. The molecule has 1 N–H and O–H groups in total. The maximum Gasteiger partial charge on any atom is 0.273 e. The zero-order valence-corrected chi connectivity index (χ0v) is 7.18. The summed E-state index contributed by atoms with van der Waals surface area (Å²) in [6.07, 6.45) is -3.48. The van der Waals surface area contributed by atoms with Gasteiger partial charge in [0, 0.05) is 11.7 Å². The summed E-state index contributed by atoms with van der Waals surface area (Å²) in [4.78, 5) is 2.90. The average molecular weight is 199 g/mol. The molecule has 1 aromatic carbocycles. The van der Waals surface area contributed by atoms with Gasteiger partial charge >= 0.3 is 0 Å². The van der Waals surface area contributed by atoms with Gasteiger partial charge in [-0.2, -0.15) is 0 Å². The number of aromatic nitrogens is 1. The molecule has 1 aromatic heterocycles. The van der Waals surface area contributed by atoms with Crippen LogP contribution in [0, 0.1) is 0 Å². The SMILES string of the molecule is FC(F)C(F)c1ccc2[nH]ccc2c1.